The second-order valence-corrected chi connectivity index (χ2v) is 5.50. The summed E-state index contributed by atoms with van der Waals surface area (Å²) in [6, 6.07) is 12.2. The van der Waals surface area contributed by atoms with E-state index in [1.54, 1.807) is 11.8 Å². The molecular weight excluding hydrogens is 268 g/mol. The molecule has 0 aliphatic rings. The van der Waals surface area contributed by atoms with Gasteiger partial charge in [-0.15, -0.1) is 0 Å². The van der Waals surface area contributed by atoms with Crippen LogP contribution in [-0.2, 0) is 5.75 Å². The number of rotatable bonds is 3. The number of para-hydroxylation sites is 2. The number of H-pyrrole nitrogens is 1. The first kappa shape index (κ1) is 11.5. The van der Waals surface area contributed by atoms with Gasteiger partial charge in [0.25, 0.3) is 0 Å². The molecule has 0 unspecified atom stereocenters. The Kier molecular flexibility index (Phi) is 2.70. The molecule has 0 aliphatic carbocycles. The summed E-state index contributed by atoms with van der Waals surface area (Å²) in [6.45, 7) is 0. The highest BCUT2D eigenvalue weighted by Crippen LogP contribution is 2.24. The third-order valence-electron chi connectivity index (χ3n) is 3.23. The van der Waals surface area contributed by atoms with Crippen LogP contribution < -0.4 is 0 Å². The van der Waals surface area contributed by atoms with Crippen molar-refractivity contribution in [2.75, 3.05) is 0 Å². The highest BCUT2D eigenvalue weighted by molar-refractivity contribution is 7.98. The number of nitrogens with zero attached hydrogens (tertiary/aromatic N) is 3. The van der Waals surface area contributed by atoms with Gasteiger partial charge < -0.3 is 9.38 Å². The van der Waals surface area contributed by atoms with Gasteiger partial charge in [-0.1, -0.05) is 30.0 Å². The Labute approximate surface area is 119 Å². The fraction of sp³-hybridized carbons (Fsp3) is 0.0667. The van der Waals surface area contributed by atoms with Crippen molar-refractivity contribution < 1.29 is 0 Å². The van der Waals surface area contributed by atoms with Crippen molar-refractivity contribution in [3.8, 4) is 0 Å². The van der Waals surface area contributed by atoms with Gasteiger partial charge in [0.15, 0.2) is 5.16 Å². The minimum Gasteiger partial charge on any atom is -0.333 e. The van der Waals surface area contributed by atoms with Crippen molar-refractivity contribution in [1.29, 1.82) is 0 Å². The van der Waals surface area contributed by atoms with Crippen molar-refractivity contribution in [3.05, 3.63) is 60.6 Å². The Balaban J connectivity index is 1.62. The number of fused-ring (bicyclic) bond motifs is 2. The summed E-state index contributed by atoms with van der Waals surface area (Å²) in [5, 5.41) is 0.944. The standard InChI is InChI=1S/C15H12N4S/c1-2-6-13-12(5-1)17-15(18-13)20-10-11-4-3-8-19-9-7-16-14(11)19/h1-9H,10H2,(H,17,18). The average Bonchev–Trinajstić information content (AvgIpc) is 3.11. The van der Waals surface area contributed by atoms with Crippen LogP contribution in [0, 0.1) is 0 Å². The Bertz CT molecular complexity index is 844. The van der Waals surface area contributed by atoms with Gasteiger partial charge in [-0.3, -0.25) is 0 Å². The van der Waals surface area contributed by atoms with Gasteiger partial charge in [0.05, 0.1) is 11.0 Å². The number of pyridine rings is 1. The number of nitrogens with one attached hydrogen (secondary N) is 1. The minimum absolute atomic E-state index is 0.848. The van der Waals surface area contributed by atoms with Gasteiger partial charge in [-0.2, -0.15) is 0 Å². The fourth-order valence-corrected chi connectivity index (χ4v) is 3.13. The number of hydrogen-bond acceptors (Lipinski definition) is 3. The number of hydrogen-bond donors (Lipinski definition) is 1. The normalized spacial score (nSPS) is 11.4. The summed E-state index contributed by atoms with van der Waals surface area (Å²) in [6.07, 6.45) is 5.80. The van der Waals surface area contributed by atoms with Crippen LogP contribution in [-0.4, -0.2) is 19.4 Å². The molecule has 0 bridgehead atoms. The zero-order valence-electron chi connectivity index (χ0n) is 10.7. The molecule has 20 heavy (non-hydrogen) atoms. The van der Waals surface area contributed by atoms with Gasteiger partial charge in [0.1, 0.15) is 5.65 Å². The molecular formula is C15H12N4S. The summed E-state index contributed by atoms with van der Waals surface area (Å²) >= 11 is 1.70. The van der Waals surface area contributed by atoms with Crippen molar-refractivity contribution in [2.45, 2.75) is 10.9 Å². The molecule has 1 aromatic carbocycles. The zero-order chi connectivity index (χ0) is 13.4. The number of aromatic nitrogens is 4. The molecule has 4 rings (SSSR count). The lowest BCUT2D eigenvalue weighted by Crippen LogP contribution is -1.89. The van der Waals surface area contributed by atoms with Gasteiger partial charge in [-0.25, -0.2) is 9.97 Å². The van der Waals surface area contributed by atoms with E-state index in [4.69, 9.17) is 0 Å². The molecule has 0 saturated heterocycles. The number of imidazole rings is 2. The molecule has 0 atom stereocenters. The topological polar surface area (TPSA) is 46.0 Å². The number of aromatic amines is 1. The highest BCUT2D eigenvalue weighted by atomic mass is 32.2. The number of benzene rings is 1. The number of thioether (sulfide) groups is 1. The average molecular weight is 280 g/mol. The lowest BCUT2D eigenvalue weighted by Gasteiger charge is -2.01. The van der Waals surface area contributed by atoms with Gasteiger partial charge in [0, 0.05) is 29.9 Å². The molecule has 0 spiro atoms. The molecule has 98 valence electrons. The first-order chi connectivity index (χ1) is 9.90. The van der Waals surface area contributed by atoms with Gasteiger partial charge in [-0.05, 0) is 18.2 Å². The van der Waals surface area contributed by atoms with Crippen LogP contribution >= 0.6 is 11.8 Å². The van der Waals surface area contributed by atoms with Crippen LogP contribution in [0.25, 0.3) is 16.7 Å². The first-order valence-corrected chi connectivity index (χ1v) is 7.37. The summed E-state index contributed by atoms with van der Waals surface area (Å²) in [5.41, 5.74) is 4.31. The van der Waals surface area contributed by atoms with Crippen LogP contribution in [0.5, 0.6) is 0 Å². The highest BCUT2D eigenvalue weighted by Gasteiger charge is 2.06. The largest absolute Gasteiger partial charge is 0.333 e. The molecule has 0 fully saturated rings. The third kappa shape index (κ3) is 1.96. The van der Waals surface area contributed by atoms with E-state index in [1.807, 2.05) is 53.3 Å². The maximum Gasteiger partial charge on any atom is 0.166 e. The van der Waals surface area contributed by atoms with Crippen LogP contribution in [0.1, 0.15) is 5.56 Å². The molecule has 0 amide bonds. The summed E-state index contributed by atoms with van der Waals surface area (Å²) in [7, 11) is 0. The summed E-state index contributed by atoms with van der Waals surface area (Å²) < 4.78 is 2.04. The van der Waals surface area contributed by atoms with E-state index in [0.717, 1.165) is 27.6 Å². The molecule has 4 aromatic rings. The third-order valence-corrected chi connectivity index (χ3v) is 4.15. The lowest BCUT2D eigenvalue weighted by molar-refractivity contribution is 1.08. The molecule has 4 nitrogen and oxygen atoms in total. The van der Waals surface area contributed by atoms with E-state index >= 15 is 0 Å². The predicted molar refractivity (Wildman–Crippen MR) is 80.8 cm³/mol. The molecule has 0 radical (unpaired) electrons. The minimum atomic E-state index is 0.848. The molecule has 0 saturated carbocycles. The van der Waals surface area contributed by atoms with E-state index in [0.29, 0.717) is 0 Å². The van der Waals surface area contributed by atoms with Crippen molar-refractivity contribution >= 4 is 28.4 Å². The smallest absolute Gasteiger partial charge is 0.166 e. The van der Waals surface area contributed by atoms with Crippen LogP contribution in [0.2, 0.25) is 0 Å². The first-order valence-electron chi connectivity index (χ1n) is 6.38. The van der Waals surface area contributed by atoms with Gasteiger partial charge >= 0.3 is 0 Å². The second kappa shape index (κ2) is 4.68. The predicted octanol–water partition coefficient (Wildman–Crippen LogP) is 3.50. The summed E-state index contributed by atoms with van der Waals surface area (Å²) in [5.74, 6) is 0.848. The Morgan fingerprint density at radius 1 is 1.10 bits per heavy atom. The Morgan fingerprint density at radius 2 is 2.05 bits per heavy atom. The van der Waals surface area contributed by atoms with Crippen LogP contribution in [0.4, 0.5) is 0 Å². The second-order valence-electron chi connectivity index (χ2n) is 4.54. The summed E-state index contributed by atoms with van der Waals surface area (Å²) in [4.78, 5) is 12.3. The maximum atomic E-state index is 4.58. The fourth-order valence-electron chi connectivity index (χ4n) is 2.27. The van der Waals surface area contributed by atoms with Crippen molar-refractivity contribution in [2.24, 2.45) is 0 Å². The van der Waals surface area contributed by atoms with E-state index in [1.165, 1.54) is 5.56 Å². The van der Waals surface area contributed by atoms with Crippen molar-refractivity contribution in [1.82, 2.24) is 19.4 Å². The van der Waals surface area contributed by atoms with E-state index < -0.39 is 0 Å². The van der Waals surface area contributed by atoms with Crippen LogP contribution in [0.3, 0.4) is 0 Å². The molecule has 5 heteroatoms. The Hall–Kier alpha value is -2.27. The van der Waals surface area contributed by atoms with Crippen LogP contribution in [0.15, 0.2) is 60.1 Å². The SMILES string of the molecule is c1ccc2[nH]c(SCc3cccn4ccnc34)nc2c1. The van der Waals surface area contributed by atoms with E-state index in [-0.39, 0.29) is 0 Å². The zero-order valence-corrected chi connectivity index (χ0v) is 11.5. The molecule has 0 aliphatic heterocycles. The maximum absolute atomic E-state index is 4.58. The Morgan fingerprint density at radius 3 is 3.00 bits per heavy atom. The van der Waals surface area contributed by atoms with Gasteiger partial charge in [0.2, 0.25) is 0 Å². The quantitative estimate of drug-likeness (QED) is 0.584. The van der Waals surface area contributed by atoms with Crippen molar-refractivity contribution in [3.63, 3.8) is 0 Å². The molecule has 3 heterocycles. The molecule has 1 N–H and O–H groups in total. The molecule has 3 aromatic heterocycles. The lowest BCUT2D eigenvalue weighted by atomic mass is 10.3. The monoisotopic (exact) mass is 280 g/mol. The van der Waals surface area contributed by atoms with E-state index in [9.17, 15) is 0 Å². The van der Waals surface area contributed by atoms with E-state index in [2.05, 4.69) is 21.0 Å².